The van der Waals surface area contributed by atoms with Gasteiger partial charge in [-0.15, -0.1) is 0 Å². The third-order valence-electron chi connectivity index (χ3n) is 3.81. The van der Waals surface area contributed by atoms with Crippen LogP contribution in [-0.4, -0.2) is 40.1 Å². The average molecular weight is 292 g/mol. The summed E-state index contributed by atoms with van der Waals surface area (Å²) in [6, 6.07) is 0. The number of esters is 1. The highest BCUT2D eigenvalue weighted by atomic mass is 16.5. The number of aromatic nitrogens is 2. The van der Waals surface area contributed by atoms with Crippen molar-refractivity contribution in [3.8, 4) is 0 Å². The van der Waals surface area contributed by atoms with Gasteiger partial charge < -0.3 is 14.6 Å². The fourth-order valence-corrected chi connectivity index (χ4v) is 2.45. The minimum Gasteiger partial charge on any atom is -0.463 e. The van der Waals surface area contributed by atoms with Crippen molar-refractivity contribution in [1.82, 2.24) is 14.5 Å². The lowest BCUT2D eigenvalue weighted by Crippen LogP contribution is -2.27. The van der Waals surface area contributed by atoms with Gasteiger partial charge in [-0.05, 0) is 26.9 Å². The van der Waals surface area contributed by atoms with E-state index in [1.807, 2.05) is 20.0 Å². The van der Waals surface area contributed by atoms with Gasteiger partial charge in [0.15, 0.2) is 0 Å². The highest BCUT2D eigenvalue weighted by molar-refractivity contribution is 5.90. The van der Waals surface area contributed by atoms with Crippen molar-refractivity contribution < 1.29 is 9.53 Å². The SMILES string of the molecule is CCOC(=O)C1=C(C)Nc2ncc(CN(CC)CC)n2C1. The third-order valence-corrected chi connectivity index (χ3v) is 3.81. The van der Waals surface area contributed by atoms with Gasteiger partial charge in [-0.2, -0.15) is 0 Å². The fourth-order valence-electron chi connectivity index (χ4n) is 2.45. The van der Waals surface area contributed by atoms with E-state index in [0.717, 1.165) is 37.0 Å². The zero-order valence-corrected chi connectivity index (χ0v) is 13.3. The first kappa shape index (κ1) is 15.6. The molecule has 0 aromatic carbocycles. The number of nitrogens with one attached hydrogen (secondary N) is 1. The third kappa shape index (κ3) is 3.26. The van der Waals surface area contributed by atoms with Crippen LogP contribution in [0.3, 0.4) is 0 Å². The van der Waals surface area contributed by atoms with Gasteiger partial charge in [-0.1, -0.05) is 13.8 Å². The second-order valence-electron chi connectivity index (χ2n) is 5.07. The van der Waals surface area contributed by atoms with E-state index in [4.69, 9.17) is 4.74 Å². The Morgan fingerprint density at radius 3 is 2.76 bits per heavy atom. The zero-order chi connectivity index (χ0) is 15.4. The van der Waals surface area contributed by atoms with Gasteiger partial charge in [-0.25, -0.2) is 9.78 Å². The summed E-state index contributed by atoms with van der Waals surface area (Å²) in [5, 5.41) is 3.19. The van der Waals surface area contributed by atoms with E-state index in [0.29, 0.717) is 18.7 Å². The van der Waals surface area contributed by atoms with Crippen LogP contribution in [0.25, 0.3) is 0 Å². The second kappa shape index (κ2) is 6.76. The van der Waals surface area contributed by atoms with Gasteiger partial charge in [0.05, 0.1) is 30.6 Å². The lowest BCUT2D eigenvalue weighted by molar-refractivity contribution is -0.138. The van der Waals surface area contributed by atoms with Crippen molar-refractivity contribution in [3.05, 3.63) is 23.2 Å². The molecule has 2 heterocycles. The summed E-state index contributed by atoms with van der Waals surface area (Å²) < 4.78 is 7.18. The van der Waals surface area contributed by atoms with E-state index in [2.05, 4.69) is 33.6 Å². The minimum absolute atomic E-state index is 0.254. The summed E-state index contributed by atoms with van der Waals surface area (Å²) >= 11 is 0. The Kier molecular flexibility index (Phi) is 5.01. The summed E-state index contributed by atoms with van der Waals surface area (Å²) in [5.74, 6) is 0.540. The number of carbonyl (C=O) groups is 1. The van der Waals surface area contributed by atoms with Crippen LogP contribution in [0.4, 0.5) is 5.95 Å². The maximum atomic E-state index is 12.0. The lowest BCUT2D eigenvalue weighted by Gasteiger charge is -2.24. The van der Waals surface area contributed by atoms with Crippen molar-refractivity contribution >= 4 is 11.9 Å². The smallest absolute Gasteiger partial charge is 0.337 e. The summed E-state index contributed by atoms with van der Waals surface area (Å²) in [5.41, 5.74) is 2.60. The number of carbonyl (C=O) groups excluding carboxylic acids is 1. The minimum atomic E-state index is -0.254. The highest BCUT2D eigenvalue weighted by Gasteiger charge is 2.24. The molecule has 0 aliphatic carbocycles. The number of fused-ring (bicyclic) bond motifs is 1. The first-order chi connectivity index (χ1) is 10.1. The van der Waals surface area contributed by atoms with Crippen LogP contribution in [0.1, 0.15) is 33.4 Å². The molecule has 0 amide bonds. The number of imidazole rings is 1. The van der Waals surface area contributed by atoms with Gasteiger partial charge in [-0.3, -0.25) is 4.90 Å². The monoisotopic (exact) mass is 292 g/mol. The maximum Gasteiger partial charge on any atom is 0.337 e. The molecule has 0 saturated heterocycles. The van der Waals surface area contributed by atoms with Crippen LogP contribution in [0, 0.1) is 0 Å². The predicted octanol–water partition coefficient (Wildman–Crippen LogP) is 1.99. The molecule has 0 spiro atoms. The Morgan fingerprint density at radius 2 is 2.14 bits per heavy atom. The summed E-state index contributed by atoms with van der Waals surface area (Å²) in [6.07, 6.45) is 1.88. The number of hydrogen-bond donors (Lipinski definition) is 1. The Morgan fingerprint density at radius 1 is 1.43 bits per heavy atom. The largest absolute Gasteiger partial charge is 0.463 e. The first-order valence-electron chi connectivity index (χ1n) is 7.51. The predicted molar refractivity (Wildman–Crippen MR) is 81.8 cm³/mol. The Bertz CT molecular complexity index is 544. The number of rotatable bonds is 6. The summed E-state index contributed by atoms with van der Waals surface area (Å²) in [6.45, 7) is 11.7. The number of allylic oxidation sites excluding steroid dienone is 1. The van der Waals surface area contributed by atoms with E-state index in [-0.39, 0.29) is 5.97 Å². The molecule has 1 N–H and O–H groups in total. The normalized spacial score (nSPS) is 14.1. The van der Waals surface area contributed by atoms with Crippen LogP contribution in [0.2, 0.25) is 0 Å². The van der Waals surface area contributed by atoms with Crippen LogP contribution in [-0.2, 0) is 22.6 Å². The Hall–Kier alpha value is -1.82. The van der Waals surface area contributed by atoms with Gasteiger partial charge in [0.1, 0.15) is 0 Å². The molecule has 2 rings (SSSR count). The quantitative estimate of drug-likeness (QED) is 0.813. The van der Waals surface area contributed by atoms with E-state index in [1.54, 1.807) is 0 Å². The molecule has 0 fully saturated rings. The van der Waals surface area contributed by atoms with Crippen LogP contribution in [0.15, 0.2) is 17.5 Å². The van der Waals surface area contributed by atoms with E-state index in [9.17, 15) is 4.79 Å². The van der Waals surface area contributed by atoms with Crippen LogP contribution < -0.4 is 5.32 Å². The maximum absolute atomic E-state index is 12.0. The summed E-state index contributed by atoms with van der Waals surface area (Å²) in [4.78, 5) is 18.7. The van der Waals surface area contributed by atoms with Crippen molar-refractivity contribution in [1.29, 1.82) is 0 Å². The zero-order valence-electron chi connectivity index (χ0n) is 13.3. The highest BCUT2D eigenvalue weighted by Crippen LogP contribution is 2.24. The molecule has 1 aliphatic rings. The molecule has 0 unspecified atom stereocenters. The van der Waals surface area contributed by atoms with Crippen molar-refractivity contribution in [2.75, 3.05) is 25.0 Å². The molecule has 116 valence electrons. The van der Waals surface area contributed by atoms with Crippen LogP contribution in [0.5, 0.6) is 0 Å². The van der Waals surface area contributed by atoms with E-state index < -0.39 is 0 Å². The molecule has 0 radical (unpaired) electrons. The van der Waals surface area contributed by atoms with Crippen molar-refractivity contribution in [2.24, 2.45) is 0 Å². The molecular formula is C15H24N4O2. The summed E-state index contributed by atoms with van der Waals surface area (Å²) in [7, 11) is 0. The van der Waals surface area contributed by atoms with Gasteiger partial charge in [0.25, 0.3) is 0 Å². The Balaban J connectivity index is 2.20. The molecule has 1 aliphatic heterocycles. The number of hydrogen-bond acceptors (Lipinski definition) is 5. The molecule has 1 aromatic rings. The topological polar surface area (TPSA) is 59.4 Å². The molecule has 0 saturated carbocycles. The van der Waals surface area contributed by atoms with Crippen LogP contribution >= 0.6 is 0 Å². The van der Waals surface area contributed by atoms with Crippen molar-refractivity contribution in [3.63, 3.8) is 0 Å². The van der Waals surface area contributed by atoms with Gasteiger partial charge in [0.2, 0.25) is 5.95 Å². The first-order valence-corrected chi connectivity index (χ1v) is 7.51. The van der Waals surface area contributed by atoms with Crippen molar-refractivity contribution in [2.45, 2.75) is 40.8 Å². The van der Waals surface area contributed by atoms with E-state index >= 15 is 0 Å². The second-order valence-corrected chi connectivity index (χ2v) is 5.07. The molecule has 0 bridgehead atoms. The Labute approximate surface area is 125 Å². The standard InChI is InChI=1S/C15H24N4O2/c1-5-18(6-2)9-12-8-16-15-17-11(4)13(10-19(12)15)14(20)21-7-3/h8H,5-7,9-10H2,1-4H3,(H,16,17). The molecule has 6 nitrogen and oxygen atoms in total. The molecule has 0 atom stereocenters. The number of nitrogens with zero attached hydrogens (tertiary/aromatic N) is 3. The molecule has 21 heavy (non-hydrogen) atoms. The van der Waals surface area contributed by atoms with Gasteiger partial charge in [0, 0.05) is 12.2 Å². The molecule has 6 heteroatoms. The number of ether oxygens (including phenoxy) is 1. The van der Waals surface area contributed by atoms with E-state index in [1.165, 1.54) is 0 Å². The fraction of sp³-hybridized carbons (Fsp3) is 0.600. The average Bonchev–Trinajstić information content (AvgIpc) is 2.85. The molecular weight excluding hydrogens is 268 g/mol. The number of anilines is 1. The molecule has 1 aromatic heterocycles. The van der Waals surface area contributed by atoms with Gasteiger partial charge >= 0.3 is 5.97 Å². The lowest BCUT2D eigenvalue weighted by atomic mass is 10.2.